The van der Waals surface area contributed by atoms with Crippen molar-refractivity contribution in [3.8, 4) is 0 Å². The van der Waals surface area contributed by atoms with Gasteiger partial charge < -0.3 is 10.6 Å². The maximum atomic E-state index is 11.4. The standard InChI is InChI=1S/C11H12N2OS2/c14-11(12-7-9-3-1-5-15-9)13-8-10-4-2-6-16-10/h1-6H,7-8H2,(H2,12,13,14). The van der Waals surface area contributed by atoms with Crippen molar-refractivity contribution in [3.05, 3.63) is 44.8 Å². The second-order valence-corrected chi connectivity index (χ2v) is 5.26. The number of hydrogen-bond donors (Lipinski definition) is 2. The maximum absolute atomic E-state index is 11.4. The summed E-state index contributed by atoms with van der Waals surface area (Å²) in [4.78, 5) is 13.7. The van der Waals surface area contributed by atoms with E-state index in [9.17, 15) is 4.79 Å². The molecule has 2 aromatic heterocycles. The lowest BCUT2D eigenvalue weighted by Crippen LogP contribution is -2.34. The van der Waals surface area contributed by atoms with Gasteiger partial charge in [0, 0.05) is 9.75 Å². The van der Waals surface area contributed by atoms with E-state index < -0.39 is 0 Å². The Balaban J connectivity index is 1.69. The highest BCUT2D eigenvalue weighted by molar-refractivity contribution is 7.10. The van der Waals surface area contributed by atoms with Gasteiger partial charge >= 0.3 is 6.03 Å². The molecule has 0 saturated carbocycles. The minimum Gasteiger partial charge on any atom is -0.333 e. The molecule has 0 aliphatic carbocycles. The molecule has 2 amide bonds. The van der Waals surface area contributed by atoms with Crippen molar-refractivity contribution < 1.29 is 4.79 Å². The fraction of sp³-hybridized carbons (Fsp3) is 0.182. The van der Waals surface area contributed by atoms with Gasteiger partial charge in [-0.25, -0.2) is 4.79 Å². The van der Waals surface area contributed by atoms with Crippen LogP contribution in [0.4, 0.5) is 4.79 Å². The lowest BCUT2D eigenvalue weighted by Gasteiger charge is -2.05. The molecule has 0 saturated heterocycles. The van der Waals surface area contributed by atoms with E-state index in [0.717, 1.165) is 9.75 Å². The molecule has 84 valence electrons. The Labute approximate surface area is 102 Å². The molecular formula is C11H12N2OS2. The molecule has 2 heterocycles. The van der Waals surface area contributed by atoms with Crippen LogP contribution in [-0.4, -0.2) is 6.03 Å². The quantitative estimate of drug-likeness (QED) is 0.863. The number of hydrogen-bond acceptors (Lipinski definition) is 3. The predicted octanol–water partition coefficient (Wildman–Crippen LogP) is 2.81. The summed E-state index contributed by atoms with van der Waals surface area (Å²) in [5, 5.41) is 9.63. The number of nitrogens with one attached hydrogen (secondary N) is 2. The molecule has 0 aromatic carbocycles. The Bertz CT molecular complexity index is 383. The average Bonchev–Trinajstić information content (AvgIpc) is 2.96. The monoisotopic (exact) mass is 252 g/mol. The minimum absolute atomic E-state index is 0.123. The smallest absolute Gasteiger partial charge is 0.315 e. The van der Waals surface area contributed by atoms with Crippen molar-refractivity contribution in [3.63, 3.8) is 0 Å². The van der Waals surface area contributed by atoms with Crippen molar-refractivity contribution in [2.75, 3.05) is 0 Å². The van der Waals surface area contributed by atoms with Gasteiger partial charge in [-0.2, -0.15) is 0 Å². The van der Waals surface area contributed by atoms with Crippen LogP contribution >= 0.6 is 22.7 Å². The van der Waals surface area contributed by atoms with E-state index in [-0.39, 0.29) is 6.03 Å². The third kappa shape index (κ3) is 3.36. The Morgan fingerprint density at radius 3 is 1.88 bits per heavy atom. The summed E-state index contributed by atoms with van der Waals surface area (Å²) < 4.78 is 0. The molecule has 0 fully saturated rings. The maximum Gasteiger partial charge on any atom is 0.315 e. The molecule has 2 aromatic rings. The van der Waals surface area contributed by atoms with Crippen LogP contribution in [0.1, 0.15) is 9.75 Å². The number of amides is 2. The molecule has 5 heteroatoms. The number of carbonyl (C=O) groups is 1. The third-order valence-corrected chi connectivity index (χ3v) is 3.76. The average molecular weight is 252 g/mol. The largest absolute Gasteiger partial charge is 0.333 e. The van der Waals surface area contributed by atoms with E-state index in [0.29, 0.717) is 13.1 Å². The molecule has 0 unspecified atom stereocenters. The topological polar surface area (TPSA) is 41.1 Å². The predicted molar refractivity (Wildman–Crippen MR) is 67.7 cm³/mol. The van der Waals surface area contributed by atoms with E-state index in [1.165, 1.54) is 0 Å². The van der Waals surface area contributed by atoms with Crippen molar-refractivity contribution >= 4 is 28.7 Å². The molecule has 2 N–H and O–H groups in total. The molecular weight excluding hydrogens is 240 g/mol. The zero-order valence-electron chi connectivity index (χ0n) is 8.60. The Kier molecular flexibility index (Phi) is 3.96. The van der Waals surface area contributed by atoms with E-state index >= 15 is 0 Å². The summed E-state index contributed by atoms with van der Waals surface area (Å²) in [5.74, 6) is 0. The lowest BCUT2D eigenvalue weighted by molar-refractivity contribution is 0.240. The summed E-state index contributed by atoms with van der Waals surface area (Å²) in [7, 11) is 0. The van der Waals surface area contributed by atoms with Gasteiger partial charge in [0.05, 0.1) is 13.1 Å². The van der Waals surface area contributed by atoms with Crippen LogP contribution < -0.4 is 10.6 Å². The third-order valence-electron chi connectivity index (χ3n) is 2.01. The minimum atomic E-state index is -0.123. The first-order valence-corrected chi connectivity index (χ1v) is 6.67. The van der Waals surface area contributed by atoms with Gasteiger partial charge in [0.2, 0.25) is 0 Å². The van der Waals surface area contributed by atoms with E-state index in [1.807, 2.05) is 35.0 Å². The second-order valence-electron chi connectivity index (χ2n) is 3.19. The van der Waals surface area contributed by atoms with E-state index in [1.54, 1.807) is 22.7 Å². The highest BCUT2D eigenvalue weighted by Gasteiger charge is 2.01. The van der Waals surface area contributed by atoms with Gasteiger partial charge in [-0.3, -0.25) is 0 Å². The van der Waals surface area contributed by atoms with Crippen LogP contribution in [0.3, 0.4) is 0 Å². The van der Waals surface area contributed by atoms with E-state index in [4.69, 9.17) is 0 Å². The Hall–Kier alpha value is -1.33. The SMILES string of the molecule is O=C(NCc1cccs1)NCc1cccs1. The van der Waals surface area contributed by atoms with Gasteiger partial charge in [-0.15, -0.1) is 22.7 Å². The first-order chi connectivity index (χ1) is 7.84. The molecule has 2 rings (SSSR count). The van der Waals surface area contributed by atoms with Crippen molar-refractivity contribution in [1.29, 1.82) is 0 Å². The van der Waals surface area contributed by atoms with Gasteiger partial charge in [-0.1, -0.05) is 12.1 Å². The van der Waals surface area contributed by atoms with Crippen LogP contribution in [0.25, 0.3) is 0 Å². The van der Waals surface area contributed by atoms with Crippen LogP contribution in [0.2, 0.25) is 0 Å². The van der Waals surface area contributed by atoms with Gasteiger partial charge in [0.15, 0.2) is 0 Å². The molecule has 16 heavy (non-hydrogen) atoms. The number of urea groups is 1. The fourth-order valence-electron chi connectivity index (χ4n) is 1.22. The summed E-state index contributed by atoms with van der Waals surface area (Å²) in [6.07, 6.45) is 0. The normalized spacial score (nSPS) is 10.0. The van der Waals surface area contributed by atoms with Crippen LogP contribution in [0.15, 0.2) is 35.0 Å². The zero-order chi connectivity index (χ0) is 11.2. The van der Waals surface area contributed by atoms with Gasteiger partial charge in [-0.05, 0) is 22.9 Å². The van der Waals surface area contributed by atoms with Crippen molar-refractivity contribution in [2.45, 2.75) is 13.1 Å². The van der Waals surface area contributed by atoms with Gasteiger partial charge in [0.1, 0.15) is 0 Å². The van der Waals surface area contributed by atoms with Crippen LogP contribution in [0.5, 0.6) is 0 Å². The van der Waals surface area contributed by atoms with E-state index in [2.05, 4.69) is 10.6 Å². The molecule has 0 aliphatic rings. The number of carbonyl (C=O) groups excluding carboxylic acids is 1. The number of rotatable bonds is 4. The van der Waals surface area contributed by atoms with Crippen LogP contribution in [-0.2, 0) is 13.1 Å². The Morgan fingerprint density at radius 2 is 1.50 bits per heavy atom. The summed E-state index contributed by atoms with van der Waals surface area (Å²) in [6.45, 7) is 1.18. The van der Waals surface area contributed by atoms with Crippen molar-refractivity contribution in [1.82, 2.24) is 10.6 Å². The highest BCUT2D eigenvalue weighted by atomic mass is 32.1. The molecule has 0 bridgehead atoms. The van der Waals surface area contributed by atoms with Crippen molar-refractivity contribution in [2.24, 2.45) is 0 Å². The molecule has 0 radical (unpaired) electrons. The summed E-state index contributed by atoms with van der Waals surface area (Å²) in [6, 6.07) is 7.84. The molecule has 0 aliphatic heterocycles. The lowest BCUT2D eigenvalue weighted by atomic mass is 10.4. The molecule has 0 atom stereocenters. The van der Waals surface area contributed by atoms with Gasteiger partial charge in [0.25, 0.3) is 0 Å². The zero-order valence-corrected chi connectivity index (χ0v) is 10.2. The second kappa shape index (κ2) is 5.67. The number of thiophene rings is 2. The fourth-order valence-corrected chi connectivity index (χ4v) is 2.51. The molecule has 0 spiro atoms. The van der Waals surface area contributed by atoms with Crippen LogP contribution in [0, 0.1) is 0 Å². The molecule has 3 nitrogen and oxygen atoms in total. The first-order valence-electron chi connectivity index (χ1n) is 4.91. The first kappa shape index (κ1) is 11.2. The Morgan fingerprint density at radius 1 is 1.00 bits per heavy atom. The summed E-state index contributed by atoms with van der Waals surface area (Å²) in [5.41, 5.74) is 0. The summed E-state index contributed by atoms with van der Waals surface area (Å²) >= 11 is 3.28. The highest BCUT2D eigenvalue weighted by Crippen LogP contribution is 2.08.